The fourth-order valence-electron chi connectivity index (χ4n) is 4.28. The molecule has 2 aliphatic heterocycles. The molecule has 1 N–H and O–H groups in total. The Morgan fingerprint density at radius 3 is 2.44 bits per heavy atom. The third-order valence-electron chi connectivity index (χ3n) is 5.45. The molecule has 0 aromatic carbocycles. The lowest BCUT2D eigenvalue weighted by molar-refractivity contribution is -0.135. The van der Waals surface area contributed by atoms with Crippen LogP contribution in [-0.4, -0.2) is 60.2 Å². The van der Waals surface area contributed by atoms with Gasteiger partial charge in [0.05, 0.1) is 18.2 Å². The number of aromatic nitrogens is 1. The number of nitrogens with one attached hydrogen (secondary N) is 1. The van der Waals surface area contributed by atoms with Crippen molar-refractivity contribution in [2.75, 3.05) is 31.1 Å². The molecule has 0 bridgehead atoms. The van der Waals surface area contributed by atoms with E-state index < -0.39 is 0 Å². The van der Waals surface area contributed by atoms with Crippen LogP contribution in [0.5, 0.6) is 0 Å². The van der Waals surface area contributed by atoms with Crippen molar-refractivity contribution in [2.24, 2.45) is 5.92 Å². The molecule has 0 saturated carbocycles. The number of nitrogens with zero attached hydrogens (tertiary/aromatic N) is 3. The maximum Gasteiger partial charge on any atom is 0.237 e. The summed E-state index contributed by atoms with van der Waals surface area (Å²) in [5, 5.41) is 3.12. The van der Waals surface area contributed by atoms with Crippen LogP contribution in [-0.2, 0) is 16.1 Å². The van der Waals surface area contributed by atoms with Gasteiger partial charge in [-0.2, -0.15) is 0 Å². The van der Waals surface area contributed by atoms with Gasteiger partial charge in [0.2, 0.25) is 5.91 Å². The quantitative estimate of drug-likeness (QED) is 0.829. The number of hydrogen-bond donors (Lipinski definition) is 1. The Balaban J connectivity index is 1.57. The first kappa shape index (κ1) is 20.1. The van der Waals surface area contributed by atoms with Crippen molar-refractivity contribution in [3.05, 3.63) is 23.9 Å². The van der Waals surface area contributed by atoms with Crippen LogP contribution < -0.4 is 10.2 Å². The number of pyridine rings is 1. The van der Waals surface area contributed by atoms with Gasteiger partial charge in [-0.3, -0.25) is 9.69 Å². The predicted molar refractivity (Wildman–Crippen MR) is 108 cm³/mol. The Morgan fingerprint density at radius 2 is 1.89 bits per heavy atom. The summed E-state index contributed by atoms with van der Waals surface area (Å²) in [6.07, 6.45) is 4.69. The van der Waals surface area contributed by atoms with Crippen LogP contribution in [0.3, 0.4) is 0 Å². The molecular weight excluding hydrogens is 340 g/mol. The highest BCUT2D eigenvalue weighted by Gasteiger charge is 2.34. The molecule has 3 rings (SSSR count). The molecule has 3 atom stereocenters. The largest absolute Gasteiger partial charge is 0.373 e. The van der Waals surface area contributed by atoms with Gasteiger partial charge in [-0.15, -0.1) is 0 Å². The standard InChI is InChI=1S/C21H34N4O2/c1-15(2)20(25-13-16(3)27-17(4)14-25)21(26)23-12-18-7-8-19(22-11-18)24-9-5-6-10-24/h7-8,11,15-17,20H,5-6,9-10,12-14H2,1-4H3,(H,23,26)/t16-,17-,20-/m1/s1. The van der Waals surface area contributed by atoms with E-state index >= 15 is 0 Å². The number of rotatable bonds is 6. The van der Waals surface area contributed by atoms with Gasteiger partial charge >= 0.3 is 0 Å². The Morgan fingerprint density at radius 1 is 1.22 bits per heavy atom. The van der Waals surface area contributed by atoms with Crippen LogP contribution in [0.4, 0.5) is 5.82 Å². The van der Waals surface area contributed by atoms with E-state index in [2.05, 4.69) is 59.9 Å². The molecule has 27 heavy (non-hydrogen) atoms. The van der Waals surface area contributed by atoms with E-state index in [0.717, 1.165) is 37.6 Å². The maximum atomic E-state index is 12.9. The summed E-state index contributed by atoms with van der Waals surface area (Å²) >= 11 is 0. The van der Waals surface area contributed by atoms with Crippen LogP contribution >= 0.6 is 0 Å². The fraction of sp³-hybridized carbons (Fsp3) is 0.714. The van der Waals surface area contributed by atoms with Crippen LogP contribution in [0.2, 0.25) is 0 Å². The Hall–Kier alpha value is -1.66. The SMILES string of the molecule is CC(C)[C@H](C(=O)NCc1ccc(N2CCCC2)nc1)N1C[C@@H](C)O[C@H](C)C1. The number of anilines is 1. The molecule has 0 unspecified atom stereocenters. The first-order valence-corrected chi connectivity index (χ1v) is 10.3. The highest BCUT2D eigenvalue weighted by Crippen LogP contribution is 2.20. The van der Waals surface area contributed by atoms with Crippen LogP contribution in [0, 0.1) is 5.92 Å². The summed E-state index contributed by atoms with van der Waals surface area (Å²) in [6, 6.07) is 4.01. The average molecular weight is 375 g/mol. The van der Waals surface area contributed by atoms with E-state index in [1.807, 2.05) is 6.20 Å². The molecule has 2 fully saturated rings. The van der Waals surface area contributed by atoms with Gasteiger partial charge in [-0.05, 0) is 44.2 Å². The van der Waals surface area contributed by atoms with Crippen molar-refractivity contribution < 1.29 is 9.53 Å². The summed E-state index contributed by atoms with van der Waals surface area (Å²) in [5.41, 5.74) is 1.04. The van der Waals surface area contributed by atoms with Gasteiger partial charge in [0.1, 0.15) is 5.82 Å². The molecule has 0 aliphatic carbocycles. The summed E-state index contributed by atoms with van der Waals surface area (Å²) in [5.74, 6) is 1.38. The van der Waals surface area contributed by atoms with E-state index in [1.165, 1.54) is 12.8 Å². The average Bonchev–Trinajstić information content (AvgIpc) is 3.14. The summed E-state index contributed by atoms with van der Waals surface area (Å²) in [4.78, 5) is 22.1. The first-order chi connectivity index (χ1) is 12.9. The molecule has 0 radical (unpaired) electrons. The second kappa shape index (κ2) is 9.02. The summed E-state index contributed by atoms with van der Waals surface area (Å²) in [7, 11) is 0. The third-order valence-corrected chi connectivity index (χ3v) is 5.45. The molecular formula is C21H34N4O2. The summed E-state index contributed by atoms with van der Waals surface area (Å²) < 4.78 is 5.82. The number of morpholine rings is 1. The van der Waals surface area contributed by atoms with Gasteiger partial charge < -0.3 is 15.0 Å². The smallest absolute Gasteiger partial charge is 0.237 e. The first-order valence-electron chi connectivity index (χ1n) is 10.3. The van der Waals surface area contributed by atoms with Crippen molar-refractivity contribution in [3.8, 4) is 0 Å². The van der Waals surface area contributed by atoms with Gasteiger partial charge in [-0.1, -0.05) is 19.9 Å². The van der Waals surface area contributed by atoms with Crippen LogP contribution in [0.1, 0.15) is 46.1 Å². The molecule has 1 aromatic rings. The number of ether oxygens (including phenoxy) is 1. The van der Waals surface area contributed by atoms with E-state index in [-0.39, 0.29) is 30.1 Å². The maximum absolute atomic E-state index is 12.9. The lowest BCUT2D eigenvalue weighted by Gasteiger charge is -2.41. The van der Waals surface area contributed by atoms with E-state index in [9.17, 15) is 4.79 Å². The Kier molecular flexibility index (Phi) is 6.71. The van der Waals surface area contributed by atoms with Crippen molar-refractivity contribution in [2.45, 2.75) is 65.3 Å². The third kappa shape index (κ3) is 5.20. The highest BCUT2D eigenvalue weighted by molar-refractivity contribution is 5.82. The Labute approximate surface area is 163 Å². The molecule has 0 spiro atoms. The van der Waals surface area contributed by atoms with E-state index in [0.29, 0.717) is 6.54 Å². The number of amides is 1. The minimum Gasteiger partial charge on any atom is -0.373 e. The zero-order chi connectivity index (χ0) is 19.4. The van der Waals surface area contributed by atoms with Crippen molar-refractivity contribution in [1.82, 2.24) is 15.2 Å². The predicted octanol–water partition coefficient (Wildman–Crippen LogP) is 2.43. The van der Waals surface area contributed by atoms with E-state index in [4.69, 9.17) is 4.74 Å². The van der Waals surface area contributed by atoms with Gasteiger partial charge in [-0.25, -0.2) is 4.98 Å². The molecule has 2 saturated heterocycles. The second-order valence-corrected chi connectivity index (χ2v) is 8.34. The van der Waals surface area contributed by atoms with Crippen molar-refractivity contribution in [1.29, 1.82) is 0 Å². The van der Waals surface area contributed by atoms with Gasteiger partial charge in [0, 0.05) is 38.9 Å². The number of carbonyl (C=O) groups excluding carboxylic acids is 1. The minimum atomic E-state index is -0.129. The summed E-state index contributed by atoms with van der Waals surface area (Å²) in [6.45, 7) is 12.7. The zero-order valence-corrected chi connectivity index (χ0v) is 17.1. The van der Waals surface area contributed by atoms with Gasteiger partial charge in [0.15, 0.2) is 0 Å². The molecule has 2 aliphatic rings. The highest BCUT2D eigenvalue weighted by atomic mass is 16.5. The van der Waals surface area contributed by atoms with Gasteiger partial charge in [0.25, 0.3) is 0 Å². The molecule has 1 aromatic heterocycles. The molecule has 150 valence electrons. The normalized spacial score (nSPS) is 25.0. The lowest BCUT2D eigenvalue weighted by Crippen LogP contribution is -2.56. The van der Waals surface area contributed by atoms with E-state index in [1.54, 1.807) is 0 Å². The van der Waals surface area contributed by atoms with Crippen LogP contribution in [0.15, 0.2) is 18.3 Å². The molecule has 1 amide bonds. The van der Waals surface area contributed by atoms with Crippen molar-refractivity contribution in [3.63, 3.8) is 0 Å². The lowest BCUT2D eigenvalue weighted by atomic mass is 9.99. The van der Waals surface area contributed by atoms with Crippen molar-refractivity contribution >= 4 is 11.7 Å². The monoisotopic (exact) mass is 374 g/mol. The van der Waals surface area contributed by atoms with Crippen LogP contribution in [0.25, 0.3) is 0 Å². The molecule has 3 heterocycles. The second-order valence-electron chi connectivity index (χ2n) is 8.34. The topological polar surface area (TPSA) is 57.7 Å². The molecule has 6 heteroatoms. The zero-order valence-electron chi connectivity index (χ0n) is 17.1. The minimum absolute atomic E-state index is 0.0925. The molecule has 6 nitrogen and oxygen atoms in total. The number of carbonyl (C=O) groups is 1. The number of hydrogen-bond acceptors (Lipinski definition) is 5. The Bertz CT molecular complexity index is 603. The fourth-order valence-corrected chi connectivity index (χ4v) is 4.28.